The number of aliphatic hydroxyl groups excluding tert-OH is 1. The highest BCUT2D eigenvalue weighted by atomic mass is 35.5. The van der Waals surface area contributed by atoms with Crippen LogP contribution >= 0.6 is 22.9 Å². The number of carbonyl (C=O) groups excluding carboxylic acids is 2. The van der Waals surface area contributed by atoms with Gasteiger partial charge in [0, 0.05) is 47.8 Å². The van der Waals surface area contributed by atoms with Crippen LogP contribution < -0.4 is 4.90 Å². The number of phenolic OH excluding ortho intramolecular Hbond substituents is 1. The molecular formula is C34H33ClN2O4S. The second kappa shape index (κ2) is 10.0. The number of phenols is 1. The molecular weight excluding hydrogens is 568 g/mol. The molecule has 1 aromatic heterocycles. The van der Waals surface area contributed by atoms with Crippen molar-refractivity contribution in [3.8, 4) is 5.75 Å². The molecule has 1 fully saturated rings. The van der Waals surface area contributed by atoms with Crippen LogP contribution in [-0.4, -0.2) is 51.4 Å². The standard InChI is InChI=1S/C34H33ClN2O4S/c1-3-19-18-37(34(2)15-27(39)22-9-5-7-11-24(22)31(19)34)33(41)29-13-12-28(42-29)32(40)36-17-20(16-35)30-23-10-6-4-8-21(23)26(38)14-25(30)36/h4,6,8-15,19-20,31,38-39H,3,5,7,16-18H2,1-2H3/t19-,20-,31?,34?/m1/s1. The van der Waals surface area contributed by atoms with E-state index in [1.807, 2.05) is 35.2 Å². The van der Waals surface area contributed by atoms with Crippen molar-refractivity contribution in [3.63, 3.8) is 0 Å². The number of amides is 2. The Morgan fingerprint density at radius 1 is 1.02 bits per heavy atom. The molecule has 3 heterocycles. The summed E-state index contributed by atoms with van der Waals surface area (Å²) in [5, 5.41) is 23.4. The predicted octanol–water partition coefficient (Wildman–Crippen LogP) is 7.55. The summed E-state index contributed by atoms with van der Waals surface area (Å²) in [6.07, 6.45) is 9.00. The zero-order valence-electron chi connectivity index (χ0n) is 23.6. The van der Waals surface area contributed by atoms with Crippen molar-refractivity contribution in [1.82, 2.24) is 4.90 Å². The average Bonchev–Trinajstić information content (AvgIpc) is 3.71. The summed E-state index contributed by atoms with van der Waals surface area (Å²) in [5.41, 5.74) is 3.05. The van der Waals surface area contributed by atoms with Gasteiger partial charge in [-0.1, -0.05) is 49.8 Å². The minimum Gasteiger partial charge on any atom is -0.508 e. The summed E-state index contributed by atoms with van der Waals surface area (Å²) in [6.45, 7) is 5.22. The molecule has 2 aliphatic heterocycles. The smallest absolute Gasteiger partial charge is 0.268 e. The van der Waals surface area contributed by atoms with Gasteiger partial charge in [-0.3, -0.25) is 9.59 Å². The van der Waals surface area contributed by atoms with E-state index in [9.17, 15) is 19.8 Å². The lowest BCUT2D eigenvalue weighted by Gasteiger charge is -2.43. The highest BCUT2D eigenvalue weighted by Crippen LogP contribution is 2.53. The lowest BCUT2D eigenvalue weighted by Crippen LogP contribution is -2.49. The first kappa shape index (κ1) is 27.3. The van der Waals surface area contributed by atoms with Crippen molar-refractivity contribution in [2.24, 2.45) is 11.8 Å². The summed E-state index contributed by atoms with van der Waals surface area (Å²) >= 11 is 7.58. The van der Waals surface area contributed by atoms with Crippen molar-refractivity contribution in [2.45, 2.75) is 44.6 Å². The Balaban J connectivity index is 1.21. The van der Waals surface area contributed by atoms with Gasteiger partial charge in [-0.2, -0.15) is 0 Å². The SMILES string of the molecule is CC[C@@H]1CN(C(=O)c2ccc(C(=O)N3C[C@@H](CCl)c4c3cc(O)c3ccccc43)s2)C2(C)C=C(O)C3=CCCC=C3C12. The Hall–Kier alpha value is -3.55. The van der Waals surface area contributed by atoms with Gasteiger partial charge in [0.05, 0.1) is 21.0 Å². The Kier molecular flexibility index (Phi) is 6.51. The molecule has 0 bridgehead atoms. The molecule has 2 unspecified atom stereocenters. The van der Waals surface area contributed by atoms with Gasteiger partial charge in [0.1, 0.15) is 11.5 Å². The van der Waals surface area contributed by atoms with Crippen LogP contribution in [0, 0.1) is 11.8 Å². The maximum atomic E-state index is 14.1. The number of carbonyl (C=O) groups is 2. The van der Waals surface area contributed by atoms with E-state index in [4.69, 9.17) is 11.6 Å². The number of allylic oxidation sites excluding steroid dienone is 3. The third-order valence-corrected chi connectivity index (χ3v) is 11.1. The van der Waals surface area contributed by atoms with E-state index in [-0.39, 0.29) is 41.1 Å². The van der Waals surface area contributed by atoms with E-state index in [2.05, 4.69) is 26.0 Å². The van der Waals surface area contributed by atoms with Gasteiger partial charge in [-0.15, -0.1) is 22.9 Å². The van der Waals surface area contributed by atoms with Crippen molar-refractivity contribution in [1.29, 1.82) is 0 Å². The Morgan fingerprint density at radius 3 is 2.48 bits per heavy atom. The number of nitrogens with zero attached hydrogens (tertiary/aromatic N) is 2. The molecule has 2 amide bonds. The van der Waals surface area contributed by atoms with Gasteiger partial charge >= 0.3 is 0 Å². The molecule has 2 aromatic carbocycles. The molecule has 2 aliphatic carbocycles. The number of fused-ring (bicyclic) bond motifs is 6. The monoisotopic (exact) mass is 600 g/mol. The molecule has 6 nitrogen and oxygen atoms in total. The fourth-order valence-electron chi connectivity index (χ4n) is 7.76. The third-order valence-electron chi connectivity index (χ3n) is 9.70. The maximum Gasteiger partial charge on any atom is 0.268 e. The number of anilines is 1. The van der Waals surface area contributed by atoms with Crippen LogP contribution in [0.1, 0.15) is 63.9 Å². The van der Waals surface area contributed by atoms with Gasteiger partial charge in [0.25, 0.3) is 11.8 Å². The fraction of sp³-hybridized carbons (Fsp3) is 0.353. The van der Waals surface area contributed by atoms with Gasteiger partial charge in [0.15, 0.2) is 0 Å². The van der Waals surface area contributed by atoms with Crippen LogP contribution in [0.3, 0.4) is 0 Å². The molecule has 216 valence electrons. The molecule has 2 N–H and O–H groups in total. The number of halogens is 1. The topological polar surface area (TPSA) is 81.1 Å². The highest BCUT2D eigenvalue weighted by molar-refractivity contribution is 7.16. The highest BCUT2D eigenvalue weighted by Gasteiger charge is 2.55. The zero-order valence-corrected chi connectivity index (χ0v) is 25.2. The van der Waals surface area contributed by atoms with Crippen LogP contribution in [0.2, 0.25) is 0 Å². The fourth-order valence-corrected chi connectivity index (χ4v) is 8.92. The molecule has 8 heteroatoms. The second-order valence-corrected chi connectivity index (χ2v) is 13.4. The number of likely N-dealkylation sites (tertiary alicyclic amines) is 1. The molecule has 7 rings (SSSR count). The van der Waals surface area contributed by atoms with E-state index < -0.39 is 5.54 Å². The Morgan fingerprint density at radius 2 is 1.74 bits per heavy atom. The van der Waals surface area contributed by atoms with E-state index in [0.29, 0.717) is 34.4 Å². The number of aliphatic hydroxyl groups is 1. The minimum atomic E-state index is -0.656. The summed E-state index contributed by atoms with van der Waals surface area (Å²) in [7, 11) is 0. The molecule has 0 radical (unpaired) electrons. The van der Waals surface area contributed by atoms with Crippen LogP contribution in [-0.2, 0) is 0 Å². The summed E-state index contributed by atoms with van der Waals surface area (Å²) in [5.74, 6) is 0.699. The number of benzene rings is 2. The van der Waals surface area contributed by atoms with Crippen LogP contribution in [0.25, 0.3) is 10.8 Å². The van der Waals surface area contributed by atoms with Crippen molar-refractivity contribution >= 4 is 51.2 Å². The van der Waals surface area contributed by atoms with Crippen LogP contribution in [0.4, 0.5) is 5.69 Å². The second-order valence-electron chi connectivity index (χ2n) is 12.0. The molecule has 0 spiro atoms. The molecule has 42 heavy (non-hydrogen) atoms. The average molecular weight is 601 g/mol. The Labute approximate surface area is 254 Å². The number of aromatic hydroxyl groups is 1. The lowest BCUT2D eigenvalue weighted by molar-refractivity contribution is 0.0659. The number of rotatable bonds is 4. The molecule has 0 saturated carbocycles. The van der Waals surface area contributed by atoms with E-state index in [1.54, 1.807) is 23.1 Å². The van der Waals surface area contributed by atoms with Crippen molar-refractivity contribution < 1.29 is 19.8 Å². The summed E-state index contributed by atoms with van der Waals surface area (Å²) < 4.78 is 0. The van der Waals surface area contributed by atoms with Gasteiger partial charge in [0.2, 0.25) is 0 Å². The molecule has 4 atom stereocenters. The van der Waals surface area contributed by atoms with Gasteiger partial charge in [-0.05, 0) is 60.4 Å². The summed E-state index contributed by atoms with van der Waals surface area (Å²) in [4.78, 5) is 32.5. The molecule has 1 saturated heterocycles. The number of hydrogen-bond donors (Lipinski definition) is 2. The van der Waals surface area contributed by atoms with Gasteiger partial charge < -0.3 is 20.0 Å². The summed E-state index contributed by atoms with van der Waals surface area (Å²) in [6, 6.07) is 12.7. The minimum absolute atomic E-state index is 0.0663. The largest absolute Gasteiger partial charge is 0.508 e. The number of alkyl halides is 1. The molecule has 3 aromatic rings. The van der Waals surface area contributed by atoms with E-state index in [1.165, 1.54) is 11.3 Å². The first-order valence-corrected chi connectivity index (χ1v) is 16.0. The lowest BCUT2D eigenvalue weighted by atomic mass is 9.67. The Bertz CT molecular complexity index is 1740. The number of thiophene rings is 1. The first-order valence-electron chi connectivity index (χ1n) is 14.6. The van der Waals surface area contributed by atoms with E-state index in [0.717, 1.165) is 46.7 Å². The quantitative estimate of drug-likeness (QED) is 0.303. The van der Waals surface area contributed by atoms with Crippen molar-refractivity contribution in [3.05, 3.63) is 92.9 Å². The third kappa shape index (κ3) is 3.89. The van der Waals surface area contributed by atoms with Gasteiger partial charge in [-0.25, -0.2) is 0 Å². The maximum absolute atomic E-state index is 14.1. The van der Waals surface area contributed by atoms with Crippen LogP contribution in [0.15, 0.2) is 77.6 Å². The molecule has 4 aliphatic rings. The normalized spacial score (nSPS) is 26.4. The van der Waals surface area contributed by atoms with Crippen molar-refractivity contribution in [2.75, 3.05) is 23.9 Å². The first-order chi connectivity index (χ1) is 20.3. The van der Waals surface area contributed by atoms with E-state index >= 15 is 0 Å². The zero-order chi connectivity index (χ0) is 29.3. The van der Waals surface area contributed by atoms with Crippen LogP contribution in [0.5, 0.6) is 5.75 Å². The predicted molar refractivity (Wildman–Crippen MR) is 168 cm³/mol. The number of hydrogen-bond acceptors (Lipinski definition) is 5.